The number of hydrogen-bond acceptors (Lipinski definition) is 5. The van der Waals surface area contributed by atoms with E-state index < -0.39 is 0 Å². The van der Waals surface area contributed by atoms with Crippen LogP contribution in [0.4, 0.5) is 0 Å². The van der Waals surface area contributed by atoms with Crippen molar-refractivity contribution in [2.24, 2.45) is 0 Å². The molecule has 0 N–H and O–H groups in total. The van der Waals surface area contributed by atoms with Gasteiger partial charge in [0.05, 0.1) is 19.8 Å². The second-order valence-corrected chi connectivity index (χ2v) is 19.6. The molecule has 2 aromatic rings. The van der Waals surface area contributed by atoms with Gasteiger partial charge < -0.3 is 14.2 Å². The SMILES string of the molecule is CCCCCCCCCCCCCCCCCCCCCCSc1ccc(C=CC(=O)c2cc(OCCCCCCC)c(OCCCCCCC)c(OCCCCCCC)c2)cc1. The molecule has 2 aromatic carbocycles. The molecule has 0 atom stereocenters. The molecule has 0 aliphatic carbocycles. The lowest BCUT2D eigenvalue weighted by atomic mass is 10.0. The molecule has 5 heteroatoms. The van der Waals surface area contributed by atoms with Crippen molar-refractivity contribution in [3.05, 3.63) is 53.6 Å². The molecule has 0 aliphatic heterocycles. The standard InChI is InChI=1S/C58H98O4S/c1-5-9-13-17-18-19-20-21-22-23-24-25-26-27-28-29-30-31-35-39-49-63-54-43-40-52(41-44-54)42-45-55(59)53-50-56(60-46-36-32-14-10-6-2)58(62-48-38-34-16-12-8-4)57(51-53)61-47-37-33-15-11-7-3/h40-45,50-51H,5-39,46-49H2,1-4H3. The van der Waals surface area contributed by atoms with Crippen LogP contribution in [0, 0.1) is 0 Å². The fraction of sp³-hybridized carbons (Fsp3) is 0.741. The van der Waals surface area contributed by atoms with Crippen LogP contribution in [0.25, 0.3) is 6.08 Å². The molecule has 360 valence electrons. The van der Waals surface area contributed by atoms with Crippen LogP contribution in [0.5, 0.6) is 17.2 Å². The smallest absolute Gasteiger partial charge is 0.203 e. The molecule has 0 spiro atoms. The van der Waals surface area contributed by atoms with Crippen LogP contribution in [0.2, 0.25) is 0 Å². The third-order valence-corrected chi connectivity index (χ3v) is 13.5. The lowest BCUT2D eigenvalue weighted by Crippen LogP contribution is -2.08. The average Bonchev–Trinajstić information content (AvgIpc) is 3.30. The number of unbranched alkanes of at least 4 members (excludes halogenated alkanes) is 31. The van der Waals surface area contributed by atoms with Crippen LogP contribution < -0.4 is 14.2 Å². The van der Waals surface area contributed by atoms with Gasteiger partial charge >= 0.3 is 0 Å². The van der Waals surface area contributed by atoms with Gasteiger partial charge in [-0.1, -0.05) is 245 Å². The van der Waals surface area contributed by atoms with Gasteiger partial charge in [0, 0.05) is 10.5 Å². The Balaban J connectivity index is 1.78. The molecule has 0 aliphatic rings. The number of allylic oxidation sites excluding steroid dienone is 1. The summed E-state index contributed by atoms with van der Waals surface area (Å²) in [6.45, 7) is 10.8. The van der Waals surface area contributed by atoms with Gasteiger partial charge in [-0.05, 0) is 67.3 Å². The molecule has 63 heavy (non-hydrogen) atoms. The Morgan fingerprint density at radius 2 is 0.762 bits per heavy atom. The Kier molecular flexibility index (Phi) is 38.0. The van der Waals surface area contributed by atoms with Crippen LogP contribution >= 0.6 is 11.8 Å². The first-order valence-corrected chi connectivity index (χ1v) is 28.1. The number of carbonyl (C=O) groups excluding carboxylic acids is 1. The van der Waals surface area contributed by atoms with Gasteiger partial charge in [-0.2, -0.15) is 0 Å². The lowest BCUT2D eigenvalue weighted by molar-refractivity contribution is 0.104. The van der Waals surface area contributed by atoms with Crippen molar-refractivity contribution in [2.75, 3.05) is 25.6 Å². The summed E-state index contributed by atoms with van der Waals surface area (Å²) in [6.07, 6.45) is 49.5. The summed E-state index contributed by atoms with van der Waals surface area (Å²) < 4.78 is 19.2. The van der Waals surface area contributed by atoms with Crippen LogP contribution in [-0.4, -0.2) is 31.4 Å². The molecule has 4 nitrogen and oxygen atoms in total. The highest BCUT2D eigenvalue weighted by Gasteiger charge is 2.18. The summed E-state index contributed by atoms with van der Waals surface area (Å²) in [5.41, 5.74) is 1.60. The van der Waals surface area contributed by atoms with E-state index in [1.54, 1.807) is 6.08 Å². The Morgan fingerprint density at radius 1 is 0.429 bits per heavy atom. The fourth-order valence-electron chi connectivity index (χ4n) is 8.22. The average molecular weight is 891 g/mol. The highest BCUT2D eigenvalue weighted by Crippen LogP contribution is 2.40. The summed E-state index contributed by atoms with van der Waals surface area (Å²) in [5.74, 6) is 3.01. The van der Waals surface area contributed by atoms with Gasteiger partial charge in [0.25, 0.3) is 0 Å². The highest BCUT2D eigenvalue weighted by molar-refractivity contribution is 7.99. The van der Waals surface area contributed by atoms with Crippen LogP contribution in [0.1, 0.15) is 268 Å². The summed E-state index contributed by atoms with van der Waals surface area (Å²) in [4.78, 5) is 15.0. The highest BCUT2D eigenvalue weighted by atomic mass is 32.2. The minimum absolute atomic E-state index is 0.0558. The van der Waals surface area contributed by atoms with Crippen molar-refractivity contribution in [3.8, 4) is 17.2 Å². The maximum Gasteiger partial charge on any atom is 0.203 e. The van der Waals surface area contributed by atoms with E-state index in [9.17, 15) is 4.79 Å². The molecule has 0 radical (unpaired) electrons. The third-order valence-electron chi connectivity index (χ3n) is 12.4. The Hall–Kier alpha value is -2.40. The molecule has 0 heterocycles. The maximum absolute atomic E-state index is 13.7. The van der Waals surface area contributed by atoms with Crippen molar-refractivity contribution in [1.29, 1.82) is 0 Å². The molecule has 0 saturated heterocycles. The number of carbonyl (C=O) groups is 1. The Morgan fingerprint density at radius 3 is 1.14 bits per heavy atom. The molecular formula is C58H98O4S. The molecule has 0 amide bonds. The minimum Gasteiger partial charge on any atom is -0.490 e. The van der Waals surface area contributed by atoms with Gasteiger partial charge in [-0.15, -0.1) is 11.8 Å². The predicted molar refractivity (Wildman–Crippen MR) is 278 cm³/mol. The monoisotopic (exact) mass is 891 g/mol. The normalized spacial score (nSPS) is 11.5. The molecule has 0 fully saturated rings. The topological polar surface area (TPSA) is 44.8 Å². The first kappa shape index (κ1) is 56.7. The maximum atomic E-state index is 13.7. The fourth-order valence-corrected chi connectivity index (χ4v) is 9.13. The van der Waals surface area contributed by atoms with Gasteiger partial charge in [-0.3, -0.25) is 4.79 Å². The van der Waals surface area contributed by atoms with Crippen LogP contribution in [-0.2, 0) is 0 Å². The summed E-state index contributed by atoms with van der Waals surface area (Å²) >= 11 is 1.95. The Bertz CT molecular complexity index is 1320. The predicted octanol–water partition coefficient (Wildman–Crippen LogP) is 19.5. The summed E-state index contributed by atoms with van der Waals surface area (Å²) in [7, 11) is 0. The largest absolute Gasteiger partial charge is 0.490 e. The van der Waals surface area contributed by atoms with Crippen molar-refractivity contribution in [1.82, 2.24) is 0 Å². The number of hydrogen-bond donors (Lipinski definition) is 0. The van der Waals surface area contributed by atoms with Crippen molar-refractivity contribution >= 4 is 23.6 Å². The van der Waals surface area contributed by atoms with Crippen molar-refractivity contribution < 1.29 is 19.0 Å². The molecule has 0 aromatic heterocycles. The third kappa shape index (κ3) is 31.2. The van der Waals surface area contributed by atoms with E-state index in [1.165, 1.54) is 191 Å². The zero-order valence-corrected chi connectivity index (χ0v) is 42.6. The first-order valence-electron chi connectivity index (χ1n) is 27.1. The van der Waals surface area contributed by atoms with E-state index in [2.05, 4.69) is 52.0 Å². The zero-order chi connectivity index (χ0) is 45.1. The van der Waals surface area contributed by atoms with Gasteiger partial charge in [0.1, 0.15) is 0 Å². The molecule has 0 saturated carbocycles. The van der Waals surface area contributed by atoms with Crippen LogP contribution in [0.15, 0.2) is 47.4 Å². The van der Waals surface area contributed by atoms with E-state index in [0.717, 1.165) is 49.8 Å². The van der Waals surface area contributed by atoms with Crippen LogP contribution in [0.3, 0.4) is 0 Å². The van der Waals surface area contributed by atoms with E-state index in [-0.39, 0.29) is 5.78 Å². The minimum atomic E-state index is -0.0558. The zero-order valence-electron chi connectivity index (χ0n) is 41.7. The van der Waals surface area contributed by atoms with E-state index in [4.69, 9.17) is 14.2 Å². The van der Waals surface area contributed by atoms with Gasteiger partial charge in [0.2, 0.25) is 5.75 Å². The second-order valence-electron chi connectivity index (χ2n) is 18.4. The quantitative estimate of drug-likeness (QED) is 0.0287. The number of benzene rings is 2. The number of ketones is 1. The summed E-state index contributed by atoms with van der Waals surface area (Å²) in [6, 6.07) is 12.4. The van der Waals surface area contributed by atoms with E-state index >= 15 is 0 Å². The molecule has 2 rings (SSSR count). The first-order chi connectivity index (χ1) is 31.1. The van der Waals surface area contributed by atoms with E-state index in [0.29, 0.717) is 42.6 Å². The number of thioether (sulfide) groups is 1. The lowest BCUT2D eigenvalue weighted by Gasteiger charge is -2.18. The van der Waals surface area contributed by atoms with Gasteiger partial charge in [-0.25, -0.2) is 0 Å². The van der Waals surface area contributed by atoms with E-state index in [1.807, 2.05) is 30.0 Å². The van der Waals surface area contributed by atoms with Crippen molar-refractivity contribution in [3.63, 3.8) is 0 Å². The second kappa shape index (κ2) is 42.2. The summed E-state index contributed by atoms with van der Waals surface area (Å²) in [5, 5.41) is 0. The van der Waals surface area contributed by atoms with Gasteiger partial charge in [0.15, 0.2) is 17.3 Å². The molecule has 0 bridgehead atoms. The number of ether oxygens (including phenoxy) is 3. The Labute approximate surface area is 394 Å². The number of rotatable bonds is 46. The molecular weight excluding hydrogens is 793 g/mol. The molecule has 0 unspecified atom stereocenters. The van der Waals surface area contributed by atoms with Crippen molar-refractivity contribution in [2.45, 2.75) is 257 Å².